The van der Waals surface area contributed by atoms with Crippen LogP contribution in [-0.2, 0) is 17.4 Å². The van der Waals surface area contributed by atoms with Crippen molar-refractivity contribution in [3.05, 3.63) is 65.7 Å². The van der Waals surface area contributed by atoms with Crippen LogP contribution in [0.25, 0.3) is 0 Å². The molecule has 0 unspecified atom stereocenters. The Morgan fingerprint density at radius 1 is 1.09 bits per heavy atom. The third kappa shape index (κ3) is 6.33. The molecule has 35 heavy (non-hydrogen) atoms. The summed E-state index contributed by atoms with van der Waals surface area (Å²) in [6, 6.07) is 8.24. The zero-order valence-corrected chi connectivity index (χ0v) is 19.7. The second-order valence-corrected chi connectivity index (χ2v) is 8.02. The Bertz CT molecular complexity index is 1080. The number of halogens is 3. The second kappa shape index (κ2) is 11.3. The van der Waals surface area contributed by atoms with Crippen LogP contribution >= 0.6 is 0 Å². The number of benzene rings is 2. The maximum Gasteiger partial charge on any atom is 0.418 e. The molecule has 0 atom stereocenters. The predicted octanol–water partition coefficient (Wildman–Crippen LogP) is 3.85. The summed E-state index contributed by atoms with van der Waals surface area (Å²) < 4.78 is 50.3. The summed E-state index contributed by atoms with van der Waals surface area (Å²) in [5, 5.41) is 2.35. The standard InChI is InChI=1S/C25H28F3N3O4/c1-4-7-17-14-18(15-21(34-2)23(17)35-3)24(33)31-12-10-30(11-13-31)16-22(32)29-20-9-6-5-8-19(20)25(26,27)28/h4-6,8-9,14-15H,1,7,10-13,16H2,2-3H3,(H,29,32). The summed E-state index contributed by atoms with van der Waals surface area (Å²) >= 11 is 0. The van der Waals surface area contributed by atoms with Crippen molar-refractivity contribution >= 4 is 17.5 Å². The van der Waals surface area contributed by atoms with Crippen molar-refractivity contribution in [3.63, 3.8) is 0 Å². The number of methoxy groups -OCH3 is 2. The zero-order chi connectivity index (χ0) is 25.6. The number of nitrogens with one attached hydrogen (secondary N) is 1. The van der Waals surface area contributed by atoms with Crippen LogP contribution in [0.3, 0.4) is 0 Å². The Morgan fingerprint density at radius 2 is 1.77 bits per heavy atom. The van der Waals surface area contributed by atoms with Gasteiger partial charge in [0.25, 0.3) is 5.91 Å². The molecule has 0 aliphatic carbocycles. The Hall–Kier alpha value is -3.53. The summed E-state index contributed by atoms with van der Waals surface area (Å²) in [5.41, 5.74) is 0.0613. The third-order valence-corrected chi connectivity index (χ3v) is 5.70. The van der Waals surface area contributed by atoms with E-state index in [9.17, 15) is 22.8 Å². The van der Waals surface area contributed by atoms with Gasteiger partial charge >= 0.3 is 6.18 Å². The lowest BCUT2D eigenvalue weighted by Gasteiger charge is -2.34. The third-order valence-electron chi connectivity index (χ3n) is 5.70. The predicted molar refractivity (Wildman–Crippen MR) is 126 cm³/mol. The van der Waals surface area contributed by atoms with Gasteiger partial charge in [-0.1, -0.05) is 18.2 Å². The fourth-order valence-corrected chi connectivity index (χ4v) is 4.00. The lowest BCUT2D eigenvalue weighted by atomic mass is 10.0. The Kier molecular flexibility index (Phi) is 8.39. The van der Waals surface area contributed by atoms with Gasteiger partial charge in [0.1, 0.15) is 0 Å². The molecule has 0 saturated carbocycles. The van der Waals surface area contributed by atoms with E-state index in [1.54, 1.807) is 28.0 Å². The van der Waals surface area contributed by atoms with Crippen molar-refractivity contribution in [2.24, 2.45) is 0 Å². The number of piperazine rings is 1. The van der Waals surface area contributed by atoms with E-state index in [0.29, 0.717) is 49.7 Å². The summed E-state index contributed by atoms with van der Waals surface area (Å²) in [7, 11) is 3.03. The number of carbonyl (C=O) groups excluding carboxylic acids is 2. The van der Waals surface area contributed by atoms with Crippen molar-refractivity contribution in [2.75, 3.05) is 52.3 Å². The van der Waals surface area contributed by atoms with Crippen LogP contribution in [0.5, 0.6) is 11.5 Å². The average Bonchev–Trinajstić information content (AvgIpc) is 2.83. The van der Waals surface area contributed by atoms with E-state index in [0.717, 1.165) is 11.6 Å². The van der Waals surface area contributed by atoms with Gasteiger partial charge in [-0.3, -0.25) is 14.5 Å². The lowest BCUT2D eigenvalue weighted by molar-refractivity contribution is -0.137. The molecular weight excluding hydrogens is 463 g/mol. The van der Waals surface area contributed by atoms with Crippen LogP contribution in [0, 0.1) is 0 Å². The van der Waals surface area contributed by atoms with Gasteiger partial charge < -0.3 is 19.7 Å². The van der Waals surface area contributed by atoms with Gasteiger partial charge in [0.15, 0.2) is 11.5 Å². The lowest BCUT2D eigenvalue weighted by Crippen LogP contribution is -2.50. The number of ether oxygens (including phenoxy) is 2. The fourth-order valence-electron chi connectivity index (χ4n) is 4.00. The number of alkyl halides is 3. The molecule has 2 amide bonds. The maximum atomic E-state index is 13.2. The monoisotopic (exact) mass is 491 g/mol. The zero-order valence-electron chi connectivity index (χ0n) is 19.7. The minimum Gasteiger partial charge on any atom is -0.493 e. The molecule has 2 aromatic rings. The molecule has 10 heteroatoms. The minimum absolute atomic E-state index is 0.0753. The van der Waals surface area contributed by atoms with Gasteiger partial charge in [0.2, 0.25) is 5.91 Å². The highest BCUT2D eigenvalue weighted by Crippen LogP contribution is 2.35. The van der Waals surface area contributed by atoms with Crippen LogP contribution in [0.2, 0.25) is 0 Å². The topological polar surface area (TPSA) is 71.1 Å². The molecule has 0 bridgehead atoms. The molecule has 0 aromatic heterocycles. The normalized spacial score (nSPS) is 14.4. The van der Waals surface area contributed by atoms with Crippen LogP contribution in [0.15, 0.2) is 49.1 Å². The number of carbonyl (C=O) groups is 2. The Balaban J connectivity index is 1.61. The highest BCUT2D eigenvalue weighted by molar-refractivity contribution is 5.95. The van der Waals surface area contributed by atoms with Crippen LogP contribution in [0.4, 0.5) is 18.9 Å². The average molecular weight is 492 g/mol. The molecule has 1 saturated heterocycles. The van der Waals surface area contributed by atoms with Gasteiger partial charge in [-0.15, -0.1) is 6.58 Å². The fraction of sp³-hybridized carbons (Fsp3) is 0.360. The minimum atomic E-state index is -4.56. The SMILES string of the molecule is C=CCc1cc(C(=O)N2CCN(CC(=O)Nc3ccccc3C(F)(F)F)CC2)cc(OC)c1OC. The molecule has 188 valence electrons. The second-order valence-electron chi connectivity index (χ2n) is 8.02. The van der Waals surface area contributed by atoms with Gasteiger partial charge in [-0.2, -0.15) is 13.2 Å². The van der Waals surface area contributed by atoms with Crippen molar-refractivity contribution < 1.29 is 32.2 Å². The molecule has 0 spiro atoms. The number of amides is 2. The highest BCUT2D eigenvalue weighted by atomic mass is 19.4. The van der Waals surface area contributed by atoms with Gasteiger partial charge in [-0.05, 0) is 30.7 Å². The molecule has 1 aliphatic heterocycles. The molecular formula is C25H28F3N3O4. The van der Waals surface area contributed by atoms with Crippen molar-refractivity contribution in [1.82, 2.24) is 9.80 Å². The van der Waals surface area contributed by atoms with Crippen molar-refractivity contribution in [2.45, 2.75) is 12.6 Å². The molecule has 3 rings (SSSR count). The number of para-hydroxylation sites is 1. The molecule has 0 radical (unpaired) electrons. The van der Waals surface area contributed by atoms with Crippen molar-refractivity contribution in [3.8, 4) is 11.5 Å². The molecule has 1 N–H and O–H groups in total. The molecule has 7 nitrogen and oxygen atoms in total. The van der Waals surface area contributed by atoms with Crippen LogP contribution in [-0.4, -0.2) is 68.6 Å². The van der Waals surface area contributed by atoms with E-state index in [-0.39, 0.29) is 18.1 Å². The summed E-state index contributed by atoms with van der Waals surface area (Å²) in [6.45, 7) is 5.23. The van der Waals surface area contributed by atoms with Crippen LogP contribution < -0.4 is 14.8 Å². The first kappa shape index (κ1) is 26.1. The first-order valence-corrected chi connectivity index (χ1v) is 11.0. The van der Waals surface area contributed by atoms with E-state index < -0.39 is 17.6 Å². The number of hydrogen-bond donors (Lipinski definition) is 1. The summed E-state index contributed by atoms with van der Waals surface area (Å²) in [4.78, 5) is 29.0. The number of anilines is 1. The van der Waals surface area contributed by atoms with Crippen LogP contribution in [0.1, 0.15) is 21.5 Å². The molecule has 1 aliphatic rings. The number of nitrogens with zero attached hydrogens (tertiary/aromatic N) is 2. The van der Waals surface area contributed by atoms with E-state index in [2.05, 4.69) is 11.9 Å². The number of hydrogen-bond acceptors (Lipinski definition) is 5. The first-order valence-electron chi connectivity index (χ1n) is 11.0. The van der Waals surface area contributed by atoms with E-state index >= 15 is 0 Å². The molecule has 1 fully saturated rings. The van der Waals surface area contributed by atoms with E-state index in [4.69, 9.17) is 9.47 Å². The van der Waals surface area contributed by atoms with E-state index in [1.807, 2.05) is 0 Å². The number of allylic oxidation sites excluding steroid dienone is 1. The molecule has 1 heterocycles. The maximum absolute atomic E-state index is 13.2. The quantitative estimate of drug-likeness (QED) is 0.568. The van der Waals surface area contributed by atoms with Crippen molar-refractivity contribution in [1.29, 1.82) is 0 Å². The van der Waals surface area contributed by atoms with Gasteiger partial charge in [-0.25, -0.2) is 0 Å². The van der Waals surface area contributed by atoms with E-state index in [1.165, 1.54) is 32.4 Å². The van der Waals surface area contributed by atoms with Gasteiger partial charge in [0.05, 0.1) is 32.0 Å². The Labute approximate surface area is 202 Å². The van der Waals surface area contributed by atoms with Gasteiger partial charge in [0, 0.05) is 37.3 Å². The first-order chi connectivity index (χ1) is 16.7. The molecule has 2 aromatic carbocycles. The number of rotatable bonds is 8. The summed E-state index contributed by atoms with van der Waals surface area (Å²) in [5.74, 6) is 0.270. The smallest absolute Gasteiger partial charge is 0.418 e. The largest absolute Gasteiger partial charge is 0.493 e. The Morgan fingerprint density at radius 3 is 2.37 bits per heavy atom. The highest BCUT2D eigenvalue weighted by Gasteiger charge is 2.34. The summed E-state index contributed by atoms with van der Waals surface area (Å²) in [6.07, 6.45) is -2.35.